The Kier molecular flexibility index (Phi) is 3.11. The van der Waals surface area contributed by atoms with Gasteiger partial charge < -0.3 is 15.2 Å². The van der Waals surface area contributed by atoms with E-state index in [9.17, 15) is 5.11 Å². The Morgan fingerprint density at radius 3 is 3.07 bits per heavy atom. The Hall–Kier alpha value is -1.22. The molecule has 1 aromatic rings. The summed E-state index contributed by atoms with van der Waals surface area (Å²) in [5.41, 5.74) is 1.08. The highest BCUT2D eigenvalue weighted by atomic mass is 16.5. The van der Waals surface area contributed by atoms with Gasteiger partial charge in [-0.25, -0.2) is 0 Å². The lowest BCUT2D eigenvalue weighted by atomic mass is 10.0. The zero-order valence-corrected chi connectivity index (χ0v) is 8.99. The Morgan fingerprint density at radius 1 is 1.53 bits per heavy atom. The molecule has 3 nitrogen and oxygen atoms in total. The molecule has 2 N–H and O–H groups in total. The van der Waals surface area contributed by atoms with Crippen LogP contribution in [0.3, 0.4) is 0 Å². The lowest BCUT2D eigenvalue weighted by Gasteiger charge is -2.16. The summed E-state index contributed by atoms with van der Waals surface area (Å²) >= 11 is 0. The molecule has 0 unspecified atom stereocenters. The first-order chi connectivity index (χ1) is 7.33. The van der Waals surface area contributed by atoms with E-state index in [1.54, 1.807) is 6.07 Å². The van der Waals surface area contributed by atoms with Crippen molar-refractivity contribution in [1.29, 1.82) is 0 Å². The largest absolute Gasteiger partial charge is 0.504 e. The molecule has 2 rings (SSSR count). The third-order valence-corrected chi connectivity index (χ3v) is 2.75. The number of benzene rings is 1. The van der Waals surface area contributed by atoms with Crippen LogP contribution in [0.2, 0.25) is 0 Å². The van der Waals surface area contributed by atoms with Crippen LogP contribution >= 0.6 is 0 Å². The van der Waals surface area contributed by atoms with Crippen LogP contribution in [0.15, 0.2) is 18.2 Å². The van der Waals surface area contributed by atoms with Crippen LogP contribution in [0.25, 0.3) is 0 Å². The summed E-state index contributed by atoms with van der Waals surface area (Å²) in [7, 11) is 0. The smallest absolute Gasteiger partial charge is 0.165 e. The lowest BCUT2D eigenvalue weighted by molar-refractivity contribution is 0.311. The van der Waals surface area contributed by atoms with Gasteiger partial charge in [-0.2, -0.15) is 0 Å². The Bertz CT molecular complexity index is 332. The van der Waals surface area contributed by atoms with Crippen LogP contribution < -0.4 is 10.1 Å². The summed E-state index contributed by atoms with van der Waals surface area (Å²) in [5, 5.41) is 13.1. The standard InChI is InChI=1S/C12H17NO2/c1-2-15-12-9(5-3-7-11(12)14)10-6-4-8-13-10/h3,5,7,10,13-14H,2,4,6,8H2,1H3/t10-/m1/s1. The van der Waals surface area contributed by atoms with Crippen molar-refractivity contribution in [3.63, 3.8) is 0 Å². The predicted octanol–water partition coefficient (Wildman–Crippen LogP) is 2.22. The van der Waals surface area contributed by atoms with Crippen molar-refractivity contribution >= 4 is 0 Å². The topological polar surface area (TPSA) is 41.5 Å². The number of rotatable bonds is 3. The molecule has 1 heterocycles. The molecule has 0 saturated carbocycles. The van der Waals surface area contributed by atoms with Gasteiger partial charge in [0.1, 0.15) is 0 Å². The third kappa shape index (κ3) is 2.07. The Labute approximate surface area is 90.1 Å². The highest BCUT2D eigenvalue weighted by Crippen LogP contribution is 2.36. The van der Waals surface area contributed by atoms with Gasteiger partial charge in [-0.15, -0.1) is 0 Å². The van der Waals surface area contributed by atoms with E-state index in [4.69, 9.17) is 4.74 Å². The maximum atomic E-state index is 9.73. The van der Waals surface area contributed by atoms with E-state index in [0.29, 0.717) is 18.4 Å². The minimum atomic E-state index is 0.239. The van der Waals surface area contributed by atoms with Gasteiger partial charge in [0.15, 0.2) is 11.5 Å². The van der Waals surface area contributed by atoms with Gasteiger partial charge in [-0.3, -0.25) is 0 Å². The van der Waals surface area contributed by atoms with Crippen molar-refractivity contribution in [2.75, 3.05) is 13.2 Å². The zero-order chi connectivity index (χ0) is 10.7. The van der Waals surface area contributed by atoms with E-state index < -0.39 is 0 Å². The second kappa shape index (κ2) is 4.53. The van der Waals surface area contributed by atoms with Crippen molar-refractivity contribution in [3.05, 3.63) is 23.8 Å². The maximum Gasteiger partial charge on any atom is 0.165 e. The van der Waals surface area contributed by atoms with Gasteiger partial charge in [-0.1, -0.05) is 12.1 Å². The van der Waals surface area contributed by atoms with E-state index >= 15 is 0 Å². The second-order valence-corrected chi connectivity index (χ2v) is 3.78. The molecule has 3 heteroatoms. The first-order valence-electron chi connectivity index (χ1n) is 5.51. The average molecular weight is 207 g/mol. The fourth-order valence-electron chi connectivity index (χ4n) is 2.07. The summed E-state index contributed by atoms with van der Waals surface area (Å²) < 4.78 is 5.49. The highest BCUT2D eigenvalue weighted by molar-refractivity contribution is 5.47. The molecule has 1 saturated heterocycles. The molecular formula is C12H17NO2. The van der Waals surface area contributed by atoms with Crippen LogP contribution in [0.1, 0.15) is 31.4 Å². The van der Waals surface area contributed by atoms with Crippen molar-refractivity contribution in [3.8, 4) is 11.5 Å². The Balaban J connectivity index is 2.31. The summed E-state index contributed by atoms with van der Waals surface area (Å²) in [6.45, 7) is 3.56. The molecule has 0 aromatic heterocycles. The van der Waals surface area contributed by atoms with E-state index in [-0.39, 0.29) is 5.75 Å². The molecule has 0 amide bonds. The fourth-order valence-corrected chi connectivity index (χ4v) is 2.07. The van der Waals surface area contributed by atoms with Crippen molar-refractivity contribution in [1.82, 2.24) is 5.32 Å². The van der Waals surface area contributed by atoms with Gasteiger partial charge in [-0.05, 0) is 32.4 Å². The molecule has 1 aromatic carbocycles. The minimum absolute atomic E-state index is 0.239. The molecule has 1 aliphatic heterocycles. The summed E-state index contributed by atoms with van der Waals surface area (Å²) in [6.07, 6.45) is 2.30. The van der Waals surface area contributed by atoms with Gasteiger partial charge in [0, 0.05) is 11.6 Å². The number of hydrogen-bond donors (Lipinski definition) is 2. The number of nitrogens with one attached hydrogen (secondary N) is 1. The number of phenolic OH excluding ortho intramolecular Hbond substituents is 1. The van der Waals surface area contributed by atoms with Crippen LogP contribution in [0.5, 0.6) is 11.5 Å². The first-order valence-corrected chi connectivity index (χ1v) is 5.51. The summed E-state index contributed by atoms with van der Waals surface area (Å²) in [6, 6.07) is 5.89. The quantitative estimate of drug-likeness (QED) is 0.798. The average Bonchev–Trinajstić information content (AvgIpc) is 2.74. The van der Waals surface area contributed by atoms with Crippen LogP contribution in [0.4, 0.5) is 0 Å². The van der Waals surface area contributed by atoms with Crippen molar-refractivity contribution in [2.24, 2.45) is 0 Å². The third-order valence-electron chi connectivity index (χ3n) is 2.75. The molecule has 1 atom stereocenters. The molecule has 0 radical (unpaired) electrons. The van der Waals surface area contributed by atoms with E-state index in [2.05, 4.69) is 5.32 Å². The van der Waals surface area contributed by atoms with E-state index in [1.807, 2.05) is 19.1 Å². The highest BCUT2D eigenvalue weighted by Gasteiger charge is 2.21. The number of para-hydroxylation sites is 1. The van der Waals surface area contributed by atoms with E-state index in [1.165, 1.54) is 6.42 Å². The Morgan fingerprint density at radius 2 is 2.40 bits per heavy atom. The first kappa shape index (κ1) is 10.3. The zero-order valence-electron chi connectivity index (χ0n) is 8.99. The normalized spacial score (nSPS) is 20.5. The van der Waals surface area contributed by atoms with E-state index in [0.717, 1.165) is 18.5 Å². The van der Waals surface area contributed by atoms with Gasteiger partial charge >= 0.3 is 0 Å². The molecule has 15 heavy (non-hydrogen) atoms. The van der Waals surface area contributed by atoms with Crippen molar-refractivity contribution in [2.45, 2.75) is 25.8 Å². The SMILES string of the molecule is CCOc1c(O)cccc1[C@H]1CCCN1. The molecule has 0 aliphatic carbocycles. The molecule has 82 valence electrons. The monoisotopic (exact) mass is 207 g/mol. The number of phenols is 1. The van der Waals surface area contributed by atoms with Crippen LogP contribution in [-0.2, 0) is 0 Å². The van der Waals surface area contributed by atoms with Gasteiger partial charge in [0.25, 0.3) is 0 Å². The molecular weight excluding hydrogens is 190 g/mol. The number of hydrogen-bond acceptors (Lipinski definition) is 3. The molecule has 0 bridgehead atoms. The number of aromatic hydroxyl groups is 1. The number of ether oxygens (including phenoxy) is 1. The lowest BCUT2D eigenvalue weighted by Crippen LogP contribution is -2.14. The maximum absolute atomic E-state index is 9.73. The van der Waals surface area contributed by atoms with Crippen LogP contribution in [0, 0.1) is 0 Å². The molecule has 1 aliphatic rings. The molecule has 0 spiro atoms. The molecule has 1 fully saturated rings. The van der Waals surface area contributed by atoms with Gasteiger partial charge in [0.2, 0.25) is 0 Å². The van der Waals surface area contributed by atoms with Gasteiger partial charge in [0.05, 0.1) is 6.61 Å². The minimum Gasteiger partial charge on any atom is -0.504 e. The predicted molar refractivity (Wildman–Crippen MR) is 59.3 cm³/mol. The summed E-state index contributed by atoms with van der Waals surface area (Å²) in [4.78, 5) is 0. The second-order valence-electron chi connectivity index (χ2n) is 3.78. The fraction of sp³-hybridized carbons (Fsp3) is 0.500. The van der Waals surface area contributed by atoms with Crippen LogP contribution in [-0.4, -0.2) is 18.3 Å². The summed E-state index contributed by atoms with van der Waals surface area (Å²) in [5.74, 6) is 0.877. The van der Waals surface area contributed by atoms with Crippen molar-refractivity contribution < 1.29 is 9.84 Å².